The van der Waals surface area contributed by atoms with Gasteiger partial charge in [-0.05, 0) is 19.9 Å². The second-order valence-corrected chi connectivity index (χ2v) is 5.52. The highest BCUT2D eigenvalue weighted by Gasteiger charge is 2.18. The number of nitrogens with zero attached hydrogens (tertiary/aromatic N) is 3. The first-order chi connectivity index (χ1) is 10.7. The number of rotatable bonds is 4. The van der Waals surface area contributed by atoms with E-state index in [0.29, 0.717) is 17.4 Å². The number of aryl methyl sites for hydroxylation is 1. The maximum absolute atomic E-state index is 12.0. The zero-order valence-electron chi connectivity index (χ0n) is 12.3. The van der Waals surface area contributed by atoms with Gasteiger partial charge in [0.25, 0.3) is 0 Å². The number of carbonyl (C=O) groups is 1. The molecule has 0 fully saturated rings. The molecule has 0 saturated heterocycles. The first-order valence-corrected chi connectivity index (χ1v) is 7.82. The van der Waals surface area contributed by atoms with E-state index < -0.39 is 0 Å². The van der Waals surface area contributed by atoms with Gasteiger partial charge in [0.1, 0.15) is 0 Å². The minimum atomic E-state index is -0.389. The van der Waals surface area contributed by atoms with Gasteiger partial charge in [-0.1, -0.05) is 30.3 Å². The smallest absolute Gasteiger partial charge is 0.357 e. The molecule has 0 unspecified atom stereocenters. The second-order valence-electron chi connectivity index (χ2n) is 4.68. The molecule has 22 heavy (non-hydrogen) atoms. The van der Waals surface area contributed by atoms with E-state index in [0.717, 1.165) is 17.0 Å². The Kier molecular flexibility index (Phi) is 4.02. The van der Waals surface area contributed by atoms with E-state index in [1.54, 1.807) is 17.7 Å². The monoisotopic (exact) mass is 313 g/mol. The van der Waals surface area contributed by atoms with Gasteiger partial charge < -0.3 is 4.74 Å². The quantitative estimate of drug-likeness (QED) is 0.692. The number of benzene rings is 1. The molecular formula is C16H15N3O2S. The number of thiazole rings is 1. The third kappa shape index (κ3) is 2.78. The summed E-state index contributed by atoms with van der Waals surface area (Å²) in [5.74, 6) is -0.389. The lowest BCUT2D eigenvalue weighted by Crippen LogP contribution is -2.11. The van der Waals surface area contributed by atoms with E-state index in [4.69, 9.17) is 4.74 Å². The molecule has 1 aromatic carbocycles. The van der Waals surface area contributed by atoms with Crippen LogP contribution in [0.4, 0.5) is 0 Å². The Morgan fingerprint density at radius 3 is 2.82 bits per heavy atom. The molecule has 0 atom stereocenters. The summed E-state index contributed by atoms with van der Waals surface area (Å²) in [5.41, 5.74) is 3.04. The van der Waals surface area contributed by atoms with Crippen LogP contribution in [-0.4, -0.2) is 27.3 Å². The Hall–Kier alpha value is -2.47. The van der Waals surface area contributed by atoms with Crippen molar-refractivity contribution in [3.63, 3.8) is 0 Å². The Morgan fingerprint density at radius 1 is 1.32 bits per heavy atom. The summed E-state index contributed by atoms with van der Waals surface area (Å²) in [6, 6.07) is 11.6. The van der Waals surface area contributed by atoms with Gasteiger partial charge in [-0.25, -0.2) is 9.78 Å². The van der Waals surface area contributed by atoms with Gasteiger partial charge in [0, 0.05) is 10.9 Å². The molecule has 0 aliphatic heterocycles. The van der Waals surface area contributed by atoms with Gasteiger partial charge in [-0.3, -0.25) is 0 Å². The van der Waals surface area contributed by atoms with E-state index in [2.05, 4.69) is 10.1 Å². The molecule has 0 amide bonds. The molecule has 3 rings (SSSR count). The molecule has 0 spiro atoms. The fraction of sp³-hybridized carbons (Fsp3) is 0.188. The number of esters is 1. The Bertz CT molecular complexity index is 793. The lowest BCUT2D eigenvalue weighted by atomic mass is 10.2. The van der Waals surface area contributed by atoms with Crippen molar-refractivity contribution in [2.45, 2.75) is 13.8 Å². The summed E-state index contributed by atoms with van der Waals surface area (Å²) < 4.78 is 6.62. The van der Waals surface area contributed by atoms with Crippen molar-refractivity contribution in [3.8, 4) is 16.4 Å². The number of hydrogen-bond acceptors (Lipinski definition) is 5. The summed E-state index contributed by atoms with van der Waals surface area (Å²) in [5, 5.41) is 6.96. The van der Waals surface area contributed by atoms with Crippen LogP contribution in [0.5, 0.6) is 0 Å². The first-order valence-electron chi connectivity index (χ1n) is 6.94. The number of ether oxygens (including phenoxy) is 1. The molecule has 0 saturated carbocycles. The first kappa shape index (κ1) is 14.5. The number of carbonyl (C=O) groups excluding carboxylic acids is 1. The van der Waals surface area contributed by atoms with Crippen LogP contribution in [0.2, 0.25) is 0 Å². The summed E-state index contributed by atoms with van der Waals surface area (Å²) >= 11 is 1.44. The van der Waals surface area contributed by atoms with Crippen molar-refractivity contribution in [3.05, 3.63) is 53.2 Å². The van der Waals surface area contributed by atoms with Gasteiger partial charge in [0.15, 0.2) is 5.69 Å². The third-order valence-electron chi connectivity index (χ3n) is 3.06. The van der Waals surface area contributed by atoms with Crippen LogP contribution < -0.4 is 0 Å². The fourth-order valence-electron chi connectivity index (χ4n) is 2.10. The van der Waals surface area contributed by atoms with Gasteiger partial charge in [-0.15, -0.1) is 11.3 Å². The largest absolute Gasteiger partial charge is 0.461 e. The molecule has 2 heterocycles. The van der Waals surface area contributed by atoms with Crippen LogP contribution in [0.1, 0.15) is 23.1 Å². The van der Waals surface area contributed by atoms with Gasteiger partial charge >= 0.3 is 5.97 Å². The molecule has 2 aromatic heterocycles. The van der Waals surface area contributed by atoms with Crippen molar-refractivity contribution in [2.75, 3.05) is 6.61 Å². The normalized spacial score (nSPS) is 10.6. The topological polar surface area (TPSA) is 57.0 Å². The van der Waals surface area contributed by atoms with Crippen LogP contribution >= 0.6 is 11.3 Å². The van der Waals surface area contributed by atoms with Gasteiger partial charge in [0.05, 0.1) is 18.0 Å². The minimum absolute atomic E-state index is 0.330. The molecular weight excluding hydrogens is 298 g/mol. The van der Waals surface area contributed by atoms with Crippen molar-refractivity contribution >= 4 is 17.3 Å². The minimum Gasteiger partial charge on any atom is -0.461 e. The highest BCUT2D eigenvalue weighted by molar-refractivity contribution is 7.12. The Balaban J connectivity index is 1.99. The molecule has 0 N–H and O–H groups in total. The van der Waals surface area contributed by atoms with Crippen molar-refractivity contribution < 1.29 is 9.53 Å². The highest BCUT2D eigenvalue weighted by atomic mass is 32.1. The summed E-state index contributed by atoms with van der Waals surface area (Å²) in [4.78, 5) is 16.6. The van der Waals surface area contributed by atoms with Crippen LogP contribution in [0, 0.1) is 6.92 Å². The zero-order valence-corrected chi connectivity index (χ0v) is 13.1. The highest BCUT2D eigenvalue weighted by Crippen LogP contribution is 2.25. The molecule has 0 aliphatic rings. The molecule has 0 radical (unpaired) electrons. The average Bonchev–Trinajstić information content (AvgIpc) is 3.15. The predicted molar refractivity (Wildman–Crippen MR) is 85.4 cm³/mol. The summed E-state index contributed by atoms with van der Waals surface area (Å²) in [7, 11) is 0. The van der Waals surface area contributed by atoms with Gasteiger partial charge in [-0.2, -0.15) is 9.78 Å². The van der Waals surface area contributed by atoms with Crippen LogP contribution in [0.25, 0.3) is 16.4 Å². The lowest BCUT2D eigenvalue weighted by molar-refractivity contribution is 0.0515. The van der Waals surface area contributed by atoms with Crippen molar-refractivity contribution in [1.29, 1.82) is 0 Å². The summed E-state index contributed by atoms with van der Waals surface area (Å²) in [6.45, 7) is 3.95. The maximum Gasteiger partial charge on any atom is 0.357 e. The van der Waals surface area contributed by atoms with Crippen molar-refractivity contribution in [1.82, 2.24) is 14.8 Å². The summed E-state index contributed by atoms with van der Waals surface area (Å²) in [6.07, 6.45) is 0. The molecule has 112 valence electrons. The van der Waals surface area contributed by atoms with Gasteiger partial charge in [0.2, 0.25) is 5.13 Å². The Morgan fingerprint density at radius 2 is 2.09 bits per heavy atom. The molecule has 5 nitrogen and oxygen atoms in total. The van der Waals surface area contributed by atoms with E-state index in [-0.39, 0.29) is 5.97 Å². The molecule has 0 aliphatic carbocycles. The van der Waals surface area contributed by atoms with E-state index >= 15 is 0 Å². The average molecular weight is 313 g/mol. The standard InChI is InChI=1S/C16H15N3O2S/c1-3-21-15(20)14-9-11(2)18-19(14)16-17-13(10-22-16)12-7-5-4-6-8-12/h4-10H,3H2,1-2H3. The van der Waals surface area contributed by atoms with Crippen LogP contribution in [0.15, 0.2) is 41.8 Å². The SMILES string of the molecule is CCOC(=O)c1cc(C)nn1-c1nc(-c2ccccc2)cs1. The third-order valence-corrected chi connectivity index (χ3v) is 3.88. The van der Waals surface area contributed by atoms with E-state index in [9.17, 15) is 4.79 Å². The maximum atomic E-state index is 12.0. The Labute approximate surface area is 132 Å². The predicted octanol–water partition coefficient (Wildman–Crippen LogP) is 3.48. The van der Waals surface area contributed by atoms with Crippen LogP contribution in [-0.2, 0) is 4.74 Å². The molecule has 0 bridgehead atoms. The lowest BCUT2D eigenvalue weighted by Gasteiger charge is -2.03. The van der Waals surface area contributed by atoms with E-state index in [1.165, 1.54) is 11.3 Å². The molecule has 6 heteroatoms. The van der Waals surface area contributed by atoms with Crippen LogP contribution in [0.3, 0.4) is 0 Å². The fourth-order valence-corrected chi connectivity index (χ4v) is 2.89. The molecule has 3 aromatic rings. The van der Waals surface area contributed by atoms with Crippen molar-refractivity contribution in [2.24, 2.45) is 0 Å². The van der Waals surface area contributed by atoms with E-state index in [1.807, 2.05) is 42.6 Å². The second kappa shape index (κ2) is 6.11. The zero-order chi connectivity index (χ0) is 15.5. The number of aromatic nitrogens is 3. The number of hydrogen-bond donors (Lipinski definition) is 0.